The topological polar surface area (TPSA) is 106 Å². The Kier molecular flexibility index (Phi) is 4.73. The third-order valence-corrected chi connectivity index (χ3v) is 5.28. The number of hydrogen-bond donors (Lipinski definition) is 1. The van der Waals surface area contributed by atoms with Crippen molar-refractivity contribution >= 4 is 15.9 Å². The second kappa shape index (κ2) is 6.83. The van der Waals surface area contributed by atoms with E-state index in [0.29, 0.717) is 24.4 Å². The van der Waals surface area contributed by atoms with Gasteiger partial charge in [-0.05, 0) is 30.3 Å². The van der Waals surface area contributed by atoms with Gasteiger partial charge in [0, 0.05) is 37.2 Å². The Hall–Kier alpha value is -2.81. The minimum absolute atomic E-state index is 0.179. The Morgan fingerprint density at radius 1 is 1.23 bits per heavy atom. The summed E-state index contributed by atoms with van der Waals surface area (Å²) in [4.78, 5) is 24.7. The molecule has 0 aliphatic carbocycles. The zero-order valence-corrected chi connectivity index (χ0v) is 14.8. The van der Waals surface area contributed by atoms with Gasteiger partial charge >= 0.3 is 6.09 Å². The molecule has 0 bridgehead atoms. The minimum Gasteiger partial charge on any atom is -0.488 e. The average molecular weight is 378 g/mol. The van der Waals surface area contributed by atoms with Gasteiger partial charge in [-0.2, -0.15) is 0 Å². The number of aromatic nitrogens is 1. The van der Waals surface area contributed by atoms with Crippen LogP contribution in [0.15, 0.2) is 52.3 Å². The van der Waals surface area contributed by atoms with E-state index >= 15 is 0 Å². The van der Waals surface area contributed by atoms with Crippen molar-refractivity contribution in [1.29, 1.82) is 0 Å². The molecule has 1 fully saturated rings. The minimum atomic E-state index is -3.30. The Bertz CT molecular complexity index is 981. The molecule has 0 radical (unpaired) electrons. The van der Waals surface area contributed by atoms with Crippen molar-refractivity contribution < 1.29 is 23.1 Å². The standard InChI is InChI=1S/C17H18N2O6S/c1-26(23,24)15-4-2-12(3-5-15)19-9-7-13(10-16(19)20)25-14-6-8-18(11-14)17(21)22/h2-5,7,9-10,14H,6,8,11H2,1H3,(H,21,22). The number of benzene rings is 1. The number of rotatable bonds is 4. The van der Waals surface area contributed by atoms with E-state index in [1.165, 1.54) is 33.9 Å². The van der Waals surface area contributed by atoms with Crippen LogP contribution in [0, 0.1) is 0 Å². The second-order valence-corrected chi connectivity index (χ2v) is 8.11. The van der Waals surface area contributed by atoms with E-state index in [1.807, 2.05) is 0 Å². The Balaban J connectivity index is 1.76. The van der Waals surface area contributed by atoms with Crippen LogP contribution in [0.1, 0.15) is 6.42 Å². The van der Waals surface area contributed by atoms with Crippen LogP contribution >= 0.6 is 0 Å². The third-order valence-electron chi connectivity index (χ3n) is 4.15. The molecule has 1 aliphatic heterocycles. The van der Waals surface area contributed by atoms with E-state index in [-0.39, 0.29) is 23.1 Å². The number of likely N-dealkylation sites (tertiary alicyclic amines) is 1. The fourth-order valence-electron chi connectivity index (χ4n) is 2.79. The predicted molar refractivity (Wildman–Crippen MR) is 93.8 cm³/mol. The van der Waals surface area contributed by atoms with Crippen LogP contribution in [0.5, 0.6) is 5.75 Å². The summed E-state index contributed by atoms with van der Waals surface area (Å²) in [6.45, 7) is 0.676. The van der Waals surface area contributed by atoms with Crippen molar-refractivity contribution in [3.63, 3.8) is 0 Å². The first-order chi connectivity index (χ1) is 12.2. The summed E-state index contributed by atoms with van der Waals surface area (Å²) in [6.07, 6.45) is 1.97. The molecule has 9 heteroatoms. The highest BCUT2D eigenvalue weighted by atomic mass is 32.2. The molecule has 2 heterocycles. The monoisotopic (exact) mass is 378 g/mol. The molecule has 8 nitrogen and oxygen atoms in total. The van der Waals surface area contributed by atoms with Crippen molar-refractivity contribution in [2.75, 3.05) is 19.3 Å². The zero-order valence-electron chi connectivity index (χ0n) is 14.0. The highest BCUT2D eigenvalue weighted by molar-refractivity contribution is 7.90. The van der Waals surface area contributed by atoms with E-state index in [9.17, 15) is 18.0 Å². The number of amides is 1. The van der Waals surface area contributed by atoms with Crippen LogP contribution in [-0.4, -0.2) is 54.5 Å². The van der Waals surface area contributed by atoms with Crippen LogP contribution in [0.4, 0.5) is 4.79 Å². The number of pyridine rings is 1. The van der Waals surface area contributed by atoms with Gasteiger partial charge in [-0.3, -0.25) is 9.36 Å². The largest absolute Gasteiger partial charge is 0.488 e. The number of hydrogen-bond acceptors (Lipinski definition) is 5. The molecule has 0 spiro atoms. The first-order valence-electron chi connectivity index (χ1n) is 7.92. The molecule has 138 valence electrons. The van der Waals surface area contributed by atoms with E-state index < -0.39 is 15.9 Å². The van der Waals surface area contributed by atoms with E-state index in [2.05, 4.69) is 0 Å². The highest BCUT2D eigenvalue weighted by Gasteiger charge is 2.27. The summed E-state index contributed by atoms with van der Waals surface area (Å²) in [6, 6.07) is 8.95. The summed E-state index contributed by atoms with van der Waals surface area (Å²) in [7, 11) is -3.30. The molecule has 26 heavy (non-hydrogen) atoms. The summed E-state index contributed by atoms with van der Waals surface area (Å²) in [5.74, 6) is 0.372. The van der Waals surface area contributed by atoms with Gasteiger partial charge in [0.05, 0.1) is 11.4 Å². The molecule has 1 saturated heterocycles. The lowest BCUT2D eigenvalue weighted by atomic mass is 10.3. The number of carboxylic acid groups (broad SMARTS) is 1. The number of sulfone groups is 1. The lowest BCUT2D eigenvalue weighted by molar-refractivity contribution is 0.145. The molecule has 2 aromatic rings. The van der Waals surface area contributed by atoms with Crippen molar-refractivity contribution in [3.05, 3.63) is 52.9 Å². The van der Waals surface area contributed by atoms with Crippen LogP contribution in [-0.2, 0) is 9.84 Å². The van der Waals surface area contributed by atoms with Gasteiger partial charge in [0.15, 0.2) is 9.84 Å². The maximum Gasteiger partial charge on any atom is 0.407 e. The second-order valence-electron chi connectivity index (χ2n) is 6.09. The average Bonchev–Trinajstić information content (AvgIpc) is 3.03. The molecule has 1 N–H and O–H groups in total. The Morgan fingerprint density at radius 2 is 1.92 bits per heavy atom. The van der Waals surface area contributed by atoms with Crippen molar-refractivity contribution in [1.82, 2.24) is 9.47 Å². The van der Waals surface area contributed by atoms with E-state index in [0.717, 1.165) is 6.26 Å². The fraction of sp³-hybridized carbons (Fsp3) is 0.294. The maximum atomic E-state index is 12.3. The maximum absolute atomic E-state index is 12.3. The van der Waals surface area contributed by atoms with Gasteiger partial charge in [0.25, 0.3) is 5.56 Å². The molecule has 1 aromatic carbocycles. The summed E-state index contributed by atoms with van der Waals surface area (Å²) < 4.78 is 30.1. The molecule has 1 aliphatic rings. The van der Waals surface area contributed by atoms with Gasteiger partial charge in [-0.1, -0.05) is 0 Å². The lowest BCUT2D eigenvalue weighted by Gasteiger charge is -2.15. The van der Waals surface area contributed by atoms with Crippen LogP contribution in [0.25, 0.3) is 5.69 Å². The normalized spacial score (nSPS) is 17.3. The third kappa shape index (κ3) is 3.88. The van der Waals surface area contributed by atoms with Crippen LogP contribution in [0.3, 0.4) is 0 Å². The van der Waals surface area contributed by atoms with Crippen molar-refractivity contribution in [2.24, 2.45) is 0 Å². The summed E-state index contributed by atoms with van der Waals surface area (Å²) >= 11 is 0. The van der Waals surface area contributed by atoms with E-state index in [1.54, 1.807) is 18.2 Å². The number of carbonyl (C=O) groups is 1. The molecular weight excluding hydrogens is 360 g/mol. The molecule has 1 unspecified atom stereocenters. The first-order valence-corrected chi connectivity index (χ1v) is 9.81. The molecule has 1 aromatic heterocycles. The number of nitrogens with zero attached hydrogens (tertiary/aromatic N) is 2. The van der Waals surface area contributed by atoms with Crippen LogP contribution in [0.2, 0.25) is 0 Å². The SMILES string of the molecule is CS(=O)(=O)c1ccc(-n2ccc(OC3CCN(C(=O)O)C3)cc2=O)cc1. The quantitative estimate of drug-likeness (QED) is 0.861. The van der Waals surface area contributed by atoms with Gasteiger partial charge in [0.1, 0.15) is 11.9 Å². The van der Waals surface area contributed by atoms with Gasteiger partial charge < -0.3 is 14.7 Å². The zero-order chi connectivity index (χ0) is 18.9. The van der Waals surface area contributed by atoms with Crippen LogP contribution < -0.4 is 10.3 Å². The van der Waals surface area contributed by atoms with Gasteiger partial charge in [0.2, 0.25) is 0 Å². The highest BCUT2D eigenvalue weighted by Crippen LogP contribution is 2.18. The Labute approximate surface area is 150 Å². The smallest absolute Gasteiger partial charge is 0.407 e. The first kappa shape index (κ1) is 18.0. The van der Waals surface area contributed by atoms with Crippen molar-refractivity contribution in [3.8, 4) is 11.4 Å². The molecule has 1 atom stereocenters. The summed E-state index contributed by atoms with van der Waals surface area (Å²) in [5.41, 5.74) is 0.203. The lowest BCUT2D eigenvalue weighted by Crippen LogP contribution is -2.29. The molecule has 0 saturated carbocycles. The van der Waals surface area contributed by atoms with Crippen molar-refractivity contribution in [2.45, 2.75) is 17.4 Å². The molecule has 3 rings (SSSR count). The fourth-order valence-corrected chi connectivity index (χ4v) is 3.42. The van der Waals surface area contributed by atoms with Gasteiger partial charge in [-0.25, -0.2) is 13.2 Å². The van der Waals surface area contributed by atoms with E-state index in [4.69, 9.17) is 9.84 Å². The summed E-state index contributed by atoms with van der Waals surface area (Å²) in [5, 5.41) is 8.95. The Morgan fingerprint density at radius 3 is 2.46 bits per heavy atom. The molecule has 1 amide bonds. The predicted octanol–water partition coefficient (Wildman–Crippen LogP) is 1.37. The molecular formula is C17H18N2O6S. The number of ether oxygens (including phenoxy) is 1. The van der Waals surface area contributed by atoms with Gasteiger partial charge in [-0.15, -0.1) is 0 Å².